The molecule has 0 bridgehead atoms. The highest BCUT2D eigenvalue weighted by Gasteiger charge is 2.33. The topological polar surface area (TPSA) is 75.7 Å². The van der Waals surface area contributed by atoms with Crippen LogP contribution < -0.4 is 10.1 Å². The summed E-state index contributed by atoms with van der Waals surface area (Å²) in [5.74, 6) is 0.332. The lowest BCUT2D eigenvalue weighted by molar-refractivity contribution is -0.126. The van der Waals surface area contributed by atoms with E-state index in [1.807, 2.05) is 6.92 Å². The highest BCUT2D eigenvalue weighted by atomic mass is 32.2. The average Bonchev–Trinajstić information content (AvgIpc) is 2.74. The number of allylic oxidation sites excluding steroid dienone is 1. The Hall–Kier alpha value is -1.86. The van der Waals surface area contributed by atoms with Gasteiger partial charge >= 0.3 is 0 Å². The van der Waals surface area contributed by atoms with E-state index in [0.29, 0.717) is 25.3 Å². The number of ether oxygens (including phenoxy) is 1. The summed E-state index contributed by atoms with van der Waals surface area (Å²) in [7, 11) is -2.06. The van der Waals surface area contributed by atoms with Crippen LogP contribution in [0.15, 0.2) is 34.7 Å². The number of sulfonamides is 1. The normalized spacial score (nSPS) is 20.8. The predicted molar refractivity (Wildman–Crippen MR) is 113 cm³/mol. The van der Waals surface area contributed by atoms with Gasteiger partial charge in [-0.25, -0.2) is 8.42 Å². The van der Waals surface area contributed by atoms with E-state index >= 15 is 0 Å². The molecule has 1 aromatic rings. The van der Waals surface area contributed by atoms with Crippen molar-refractivity contribution in [3.8, 4) is 5.75 Å². The van der Waals surface area contributed by atoms with Crippen LogP contribution in [0.3, 0.4) is 0 Å². The number of hydrogen-bond acceptors (Lipinski definition) is 4. The Labute approximate surface area is 174 Å². The zero-order valence-electron chi connectivity index (χ0n) is 17.4. The van der Waals surface area contributed by atoms with Gasteiger partial charge in [0.25, 0.3) is 0 Å². The molecule has 1 fully saturated rings. The number of nitrogens with one attached hydrogen (secondary N) is 1. The van der Waals surface area contributed by atoms with Crippen LogP contribution in [0.1, 0.15) is 50.5 Å². The fraction of sp³-hybridized carbons (Fsp3) is 0.591. The number of hydrogen-bond donors (Lipinski definition) is 1. The largest absolute Gasteiger partial charge is 0.496 e. The fourth-order valence-corrected chi connectivity index (χ4v) is 5.77. The molecule has 0 spiro atoms. The summed E-state index contributed by atoms with van der Waals surface area (Å²) in [5, 5.41) is 3.02. The van der Waals surface area contributed by atoms with Gasteiger partial charge in [-0.15, -0.1) is 0 Å². The Morgan fingerprint density at radius 3 is 2.79 bits per heavy atom. The van der Waals surface area contributed by atoms with E-state index in [2.05, 4.69) is 11.4 Å². The minimum atomic E-state index is -3.62. The van der Waals surface area contributed by atoms with Crippen molar-refractivity contribution in [1.29, 1.82) is 0 Å². The van der Waals surface area contributed by atoms with E-state index in [4.69, 9.17) is 4.74 Å². The Bertz CT molecular complexity index is 864. The van der Waals surface area contributed by atoms with Gasteiger partial charge in [-0.2, -0.15) is 4.31 Å². The third-order valence-corrected chi connectivity index (χ3v) is 7.75. The SMILES string of the molecule is COc1ccc(S(=O)(=O)N2CCC[C@H](C(=O)NCCC3=CCCCC3)C2)cc1C. The molecule has 160 valence electrons. The second-order valence-electron chi connectivity index (χ2n) is 7.98. The van der Waals surface area contributed by atoms with Crippen LogP contribution in [0, 0.1) is 12.8 Å². The van der Waals surface area contributed by atoms with Crippen LogP contribution >= 0.6 is 0 Å². The van der Waals surface area contributed by atoms with E-state index in [-0.39, 0.29) is 23.3 Å². The van der Waals surface area contributed by atoms with Gasteiger partial charge in [0.2, 0.25) is 15.9 Å². The molecule has 1 amide bonds. The number of piperidine rings is 1. The fourth-order valence-electron chi connectivity index (χ4n) is 4.16. The van der Waals surface area contributed by atoms with Crippen LogP contribution in [-0.4, -0.2) is 45.4 Å². The lowest BCUT2D eigenvalue weighted by Gasteiger charge is -2.31. The zero-order valence-corrected chi connectivity index (χ0v) is 18.3. The number of carbonyl (C=O) groups excluding carboxylic acids is 1. The predicted octanol–water partition coefficient (Wildman–Crippen LogP) is 3.41. The molecule has 0 unspecified atom stereocenters. The van der Waals surface area contributed by atoms with Crippen LogP contribution in [0.4, 0.5) is 0 Å². The van der Waals surface area contributed by atoms with Crippen molar-refractivity contribution >= 4 is 15.9 Å². The van der Waals surface area contributed by atoms with Gasteiger partial charge in [0, 0.05) is 19.6 Å². The summed E-state index contributed by atoms with van der Waals surface area (Å²) < 4.78 is 32.8. The summed E-state index contributed by atoms with van der Waals surface area (Å²) >= 11 is 0. The maximum Gasteiger partial charge on any atom is 0.243 e. The first-order valence-electron chi connectivity index (χ1n) is 10.5. The summed E-state index contributed by atoms with van der Waals surface area (Å²) in [6.45, 7) is 3.14. The molecule has 0 saturated carbocycles. The van der Waals surface area contributed by atoms with Gasteiger partial charge in [0.15, 0.2) is 0 Å². The minimum absolute atomic E-state index is 0.0350. The minimum Gasteiger partial charge on any atom is -0.496 e. The molecule has 0 aromatic heterocycles. The Morgan fingerprint density at radius 1 is 1.28 bits per heavy atom. The van der Waals surface area contributed by atoms with Crippen molar-refractivity contribution in [2.24, 2.45) is 5.92 Å². The Morgan fingerprint density at radius 2 is 2.10 bits per heavy atom. The van der Waals surface area contributed by atoms with Gasteiger partial charge in [0.1, 0.15) is 5.75 Å². The molecule has 1 N–H and O–H groups in total. The van der Waals surface area contributed by atoms with E-state index in [0.717, 1.165) is 31.2 Å². The third-order valence-electron chi connectivity index (χ3n) is 5.89. The summed E-state index contributed by atoms with van der Waals surface area (Å²) in [4.78, 5) is 12.9. The number of aryl methyl sites for hydroxylation is 1. The first-order valence-corrected chi connectivity index (χ1v) is 12.0. The molecule has 1 aliphatic heterocycles. The lowest BCUT2D eigenvalue weighted by atomic mass is 9.96. The Kier molecular flexibility index (Phi) is 7.35. The van der Waals surface area contributed by atoms with Crippen molar-refractivity contribution in [1.82, 2.24) is 9.62 Å². The van der Waals surface area contributed by atoms with Crippen molar-refractivity contribution in [3.05, 3.63) is 35.4 Å². The van der Waals surface area contributed by atoms with Gasteiger partial charge in [-0.3, -0.25) is 4.79 Å². The number of methoxy groups -OCH3 is 1. The molecule has 2 aliphatic rings. The molecular formula is C22H32N2O4S. The monoisotopic (exact) mass is 420 g/mol. The molecule has 7 heteroatoms. The standard InChI is InChI=1S/C22H32N2O4S/c1-17-15-20(10-11-21(17)28-2)29(26,27)24-14-6-9-19(16-24)22(25)23-13-12-18-7-4-3-5-8-18/h7,10-11,15,19H,3-6,8-9,12-14,16H2,1-2H3,(H,23,25)/t19-/m0/s1. The summed E-state index contributed by atoms with van der Waals surface area (Å²) in [5.41, 5.74) is 2.20. The highest BCUT2D eigenvalue weighted by molar-refractivity contribution is 7.89. The second kappa shape index (κ2) is 9.76. The first kappa shape index (κ1) is 21.8. The van der Waals surface area contributed by atoms with E-state index in [9.17, 15) is 13.2 Å². The molecule has 6 nitrogen and oxygen atoms in total. The molecule has 1 aromatic carbocycles. The summed E-state index contributed by atoms with van der Waals surface area (Å²) in [6.07, 6.45) is 9.37. The third kappa shape index (κ3) is 5.39. The van der Waals surface area contributed by atoms with E-state index in [1.165, 1.54) is 22.7 Å². The van der Waals surface area contributed by atoms with Crippen molar-refractivity contribution < 1.29 is 17.9 Å². The smallest absolute Gasteiger partial charge is 0.243 e. The van der Waals surface area contributed by atoms with Gasteiger partial charge < -0.3 is 10.1 Å². The van der Waals surface area contributed by atoms with Crippen molar-refractivity contribution in [2.45, 2.75) is 56.8 Å². The van der Waals surface area contributed by atoms with Crippen molar-refractivity contribution in [3.63, 3.8) is 0 Å². The van der Waals surface area contributed by atoms with Gasteiger partial charge in [-0.05, 0) is 75.6 Å². The van der Waals surface area contributed by atoms with Crippen LogP contribution in [0.5, 0.6) is 5.75 Å². The zero-order chi connectivity index (χ0) is 20.9. The van der Waals surface area contributed by atoms with Gasteiger partial charge in [0.05, 0.1) is 17.9 Å². The van der Waals surface area contributed by atoms with E-state index in [1.54, 1.807) is 25.3 Å². The molecular weight excluding hydrogens is 388 g/mol. The number of nitrogens with zero attached hydrogens (tertiary/aromatic N) is 1. The van der Waals surface area contributed by atoms with Crippen LogP contribution in [-0.2, 0) is 14.8 Å². The molecule has 1 heterocycles. The molecule has 1 saturated heterocycles. The number of amides is 1. The number of rotatable bonds is 7. The molecule has 1 aliphatic carbocycles. The molecule has 3 rings (SSSR count). The Balaban J connectivity index is 1.59. The van der Waals surface area contributed by atoms with Gasteiger partial charge in [-0.1, -0.05) is 11.6 Å². The quantitative estimate of drug-likeness (QED) is 0.686. The summed E-state index contributed by atoms with van der Waals surface area (Å²) in [6, 6.07) is 4.88. The second-order valence-corrected chi connectivity index (χ2v) is 9.92. The number of benzene rings is 1. The van der Waals surface area contributed by atoms with Crippen LogP contribution in [0.25, 0.3) is 0 Å². The maximum absolute atomic E-state index is 13.1. The number of carbonyl (C=O) groups is 1. The van der Waals surface area contributed by atoms with E-state index < -0.39 is 10.0 Å². The van der Waals surface area contributed by atoms with Crippen LogP contribution in [0.2, 0.25) is 0 Å². The van der Waals surface area contributed by atoms with Crippen molar-refractivity contribution in [2.75, 3.05) is 26.7 Å². The first-order chi connectivity index (χ1) is 13.9. The molecule has 29 heavy (non-hydrogen) atoms. The molecule has 1 atom stereocenters. The maximum atomic E-state index is 13.1. The highest BCUT2D eigenvalue weighted by Crippen LogP contribution is 2.27. The molecule has 0 radical (unpaired) electrons. The average molecular weight is 421 g/mol. The lowest BCUT2D eigenvalue weighted by Crippen LogP contribution is -2.45.